The van der Waals surface area contributed by atoms with Crippen LogP contribution in [0.4, 0.5) is 0 Å². The van der Waals surface area contributed by atoms with Gasteiger partial charge in [0.25, 0.3) is 0 Å². The summed E-state index contributed by atoms with van der Waals surface area (Å²) in [5, 5.41) is 0. The molecule has 0 fully saturated rings. The first-order valence-electron chi connectivity index (χ1n) is 7.72. The molecule has 2 rings (SSSR count). The maximum atomic E-state index is 2.29. The summed E-state index contributed by atoms with van der Waals surface area (Å²) in [7, 11) is 2.28. The highest BCUT2D eigenvalue weighted by molar-refractivity contribution is 6.34. The van der Waals surface area contributed by atoms with E-state index in [9.17, 15) is 0 Å². The van der Waals surface area contributed by atoms with Gasteiger partial charge in [0.2, 0.25) is 0 Å². The van der Waals surface area contributed by atoms with Crippen molar-refractivity contribution in [3.8, 4) is 0 Å². The molecule has 0 aliphatic heterocycles. The zero-order valence-corrected chi connectivity index (χ0v) is 13.2. The molecule has 1 heteroatoms. The van der Waals surface area contributed by atoms with E-state index in [2.05, 4.69) is 71.1 Å². The van der Waals surface area contributed by atoms with Gasteiger partial charge in [-0.3, -0.25) is 0 Å². The number of hydrogen-bond acceptors (Lipinski definition) is 0. The standard InChI is InChI=1S/C19H25B/c1-14(2)18-13-7-12-17(19(18)20)11-6-10-16-9-5-4-8-15(16)3/h4-5,7-9,12-14H,6,10-11,20H2,1-3H3. The molecule has 0 heterocycles. The van der Waals surface area contributed by atoms with E-state index in [4.69, 9.17) is 0 Å². The van der Waals surface area contributed by atoms with E-state index in [0.29, 0.717) is 5.92 Å². The Hall–Kier alpha value is -1.50. The van der Waals surface area contributed by atoms with Gasteiger partial charge in [-0.05, 0) is 43.2 Å². The minimum atomic E-state index is 0.617. The van der Waals surface area contributed by atoms with Crippen LogP contribution in [-0.2, 0) is 12.8 Å². The third-order valence-corrected chi connectivity index (χ3v) is 4.26. The molecule has 0 nitrogen and oxygen atoms in total. The van der Waals surface area contributed by atoms with E-state index in [1.54, 1.807) is 0 Å². The first-order chi connectivity index (χ1) is 9.59. The zero-order valence-electron chi connectivity index (χ0n) is 13.2. The van der Waals surface area contributed by atoms with Crippen LogP contribution in [0.2, 0.25) is 0 Å². The average molecular weight is 264 g/mol. The van der Waals surface area contributed by atoms with Crippen LogP contribution in [0.25, 0.3) is 0 Å². The van der Waals surface area contributed by atoms with Gasteiger partial charge in [0.1, 0.15) is 7.85 Å². The summed E-state index contributed by atoms with van der Waals surface area (Å²) in [5.41, 5.74) is 7.42. The Kier molecular flexibility index (Phi) is 5.06. The van der Waals surface area contributed by atoms with Gasteiger partial charge in [-0.15, -0.1) is 0 Å². The van der Waals surface area contributed by atoms with E-state index in [-0.39, 0.29) is 0 Å². The highest BCUT2D eigenvalue weighted by Crippen LogP contribution is 2.15. The van der Waals surface area contributed by atoms with E-state index >= 15 is 0 Å². The van der Waals surface area contributed by atoms with Crippen molar-refractivity contribution >= 4 is 13.3 Å². The molecule has 2 aromatic rings. The van der Waals surface area contributed by atoms with Crippen molar-refractivity contribution in [3.63, 3.8) is 0 Å². The lowest BCUT2D eigenvalue weighted by Crippen LogP contribution is -2.17. The van der Waals surface area contributed by atoms with Crippen molar-refractivity contribution in [2.75, 3.05) is 0 Å². The molecule has 0 bridgehead atoms. The molecule has 0 unspecified atom stereocenters. The summed E-state index contributed by atoms with van der Waals surface area (Å²) in [4.78, 5) is 0. The predicted molar refractivity (Wildman–Crippen MR) is 91.9 cm³/mol. The van der Waals surface area contributed by atoms with Crippen LogP contribution < -0.4 is 5.46 Å². The summed E-state index contributed by atoms with van der Waals surface area (Å²) in [6.45, 7) is 6.76. The van der Waals surface area contributed by atoms with Gasteiger partial charge in [0.15, 0.2) is 0 Å². The van der Waals surface area contributed by atoms with Gasteiger partial charge in [-0.2, -0.15) is 0 Å². The molecule has 0 aliphatic rings. The molecule has 2 aromatic carbocycles. The summed E-state index contributed by atoms with van der Waals surface area (Å²) in [6, 6.07) is 15.5. The minimum absolute atomic E-state index is 0.617. The predicted octanol–water partition coefficient (Wildman–Crippen LogP) is 3.55. The summed E-state index contributed by atoms with van der Waals surface area (Å²) >= 11 is 0. The normalized spacial score (nSPS) is 11.0. The molecular weight excluding hydrogens is 239 g/mol. The van der Waals surface area contributed by atoms with Crippen molar-refractivity contribution in [1.29, 1.82) is 0 Å². The van der Waals surface area contributed by atoms with Gasteiger partial charge in [-0.1, -0.05) is 72.9 Å². The van der Waals surface area contributed by atoms with Gasteiger partial charge < -0.3 is 0 Å². The SMILES string of the molecule is Bc1c(CCCc2ccccc2C)cccc1C(C)C. The Bertz CT molecular complexity index is 570. The first kappa shape index (κ1) is 14.9. The van der Waals surface area contributed by atoms with E-state index in [1.807, 2.05) is 0 Å². The number of benzene rings is 2. The van der Waals surface area contributed by atoms with E-state index < -0.39 is 0 Å². The second-order valence-electron chi connectivity index (χ2n) is 6.07. The molecule has 0 aliphatic carbocycles. The molecule has 20 heavy (non-hydrogen) atoms. The van der Waals surface area contributed by atoms with Crippen LogP contribution in [0.15, 0.2) is 42.5 Å². The molecule has 0 saturated heterocycles. The lowest BCUT2D eigenvalue weighted by molar-refractivity contribution is 0.813. The van der Waals surface area contributed by atoms with Crippen LogP contribution in [0, 0.1) is 6.92 Å². The molecule has 0 radical (unpaired) electrons. The van der Waals surface area contributed by atoms with Gasteiger partial charge >= 0.3 is 0 Å². The molecule has 0 amide bonds. The number of aryl methyl sites for hydroxylation is 3. The van der Waals surface area contributed by atoms with E-state index in [1.165, 1.54) is 47.0 Å². The Morgan fingerprint density at radius 3 is 2.25 bits per heavy atom. The minimum Gasteiger partial charge on any atom is -0.0824 e. The van der Waals surface area contributed by atoms with Gasteiger partial charge in [0, 0.05) is 0 Å². The fourth-order valence-corrected chi connectivity index (χ4v) is 2.96. The lowest BCUT2D eigenvalue weighted by atomic mass is 9.80. The topological polar surface area (TPSA) is 0 Å². The zero-order chi connectivity index (χ0) is 14.5. The fourth-order valence-electron chi connectivity index (χ4n) is 2.96. The Morgan fingerprint density at radius 1 is 0.900 bits per heavy atom. The second-order valence-corrected chi connectivity index (χ2v) is 6.07. The molecular formula is C19H25B. The van der Waals surface area contributed by atoms with Crippen LogP contribution in [0.3, 0.4) is 0 Å². The summed E-state index contributed by atoms with van der Waals surface area (Å²) in [6.07, 6.45) is 3.59. The van der Waals surface area contributed by atoms with Crippen molar-refractivity contribution < 1.29 is 0 Å². The van der Waals surface area contributed by atoms with Crippen molar-refractivity contribution in [3.05, 3.63) is 64.7 Å². The van der Waals surface area contributed by atoms with Crippen LogP contribution >= 0.6 is 0 Å². The average Bonchev–Trinajstić information content (AvgIpc) is 2.42. The monoisotopic (exact) mass is 264 g/mol. The van der Waals surface area contributed by atoms with Crippen LogP contribution in [-0.4, -0.2) is 7.85 Å². The maximum absolute atomic E-state index is 2.29. The quantitative estimate of drug-likeness (QED) is 0.724. The number of rotatable bonds is 5. The van der Waals surface area contributed by atoms with Crippen molar-refractivity contribution in [2.45, 2.75) is 46.0 Å². The molecule has 0 spiro atoms. The van der Waals surface area contributed by atoms with Gasteiger partial charge in [0.05, 0.1) is 0 Å². The Balaban J connectivity index is 2.02. The van der Waals surface area contributed by atoms with Crippen molar-refractivity contribution in [2.24, 2.45) is 0 Å². The molecule has 0 aromatic heterocycles. The second kappa shape index (κ2) is 6.79. The van der Waals surface area contributed by atoms with E-state index in [0.717, 1.165) is 0 Å². The smallest absolute Gasteiger partial charge is 0.0824 e. The fraction of sp³-hybridized carbons (Fsp3) is 0.368. The lowest BCUT2D eigenvalue weighted by Gasteiger charge is -2.14. The maximum Gasteiger partial charge on any atom is 0.140 e. The highest BCUT2D eigenvalue weighted by Gasteiger charge is 2.07. The molecule has 0 atom stereocenters. The summed E-state index contributed by atoms with van der Waals surface area (Å²) in [5.74, 6) is 0.617. The van der Waals surface area contributed by atoms with Crippen LogP contribution in [0.5, 0.6) is 0 Å². The first-order valence-corrected chi connectivity index (χ1v) is 7.72. The molecule has 0 saturated carbocycles. The summed E-state index contributed by atoms with van der Waals surface area (Å²) < 4.78 is 0. The Labute approximate surface area is 124 Å². The molecule has 104 valence electrons. The van der Waals surface area contributed by atoms with Crippen LogP contribution in [0.1, 0.15) is 48.4 Å². The Morgan fingerprint density at radius 2 is 1.55 bits per heavy atom. The molecule has 0 N–H and O–H groups in total. The third-order valence-electron chi connectivity index (χ3n) is 4.26. The highest BCUT2D eigenvalue weighted by atomic mass is 14.1. The van der Waals surface area contributed by atoms with Gasteiger partial charge in [-0.25, -0.2) is 0 Å². The third kappa shape index (κ3) is 3.53. The number of hydrogen-bond donors (Lipinski definition) is 0. The largest absolute Gasteiger partial charge is 0.140 e. The van der Waals surface area contributed by atoms with Crippen molar-refractivity contribution in [1.82, 2.24) is 0 Å².